The van der Waals surface area contributed by atoms with Gasteiger partial charge in [0.15, 0.2) is 0 Å². The minimum Gasteiger partial charge on any atom is -0.444 e. The number of nitrogens with zero attached hydrogens (tertiary/aromatic N) is 1. The molecule has 1 N–H and O–H groups in total. The molecular formula is C35H41ClN2O4. The van der Waals surface area contributed by atoms with Gasteiger partial charge in [0.05, 0.1) is 11.4 Å². The van der Waals surface area contributed by atoms with E-state index in [4.69, 9.17) is 21.1 Å². The van der Waals surface area contributed by atoms with Crippen molar-refractivity contribution in [1.29, 1.82) is 0 Å². The van der Waals surface area contributed by atoms with Crippen LogP contribution in [0, 0.1) is 0 Å². The number of alkyl halides is 1. The van der Waals surface area contributed by atoms with Crippen LogP contribution in [0.5, 0.6) is 0 Å². The molecule has 42 heavy (non-hydrogen) atoms. The second-order valence-electron chi connectivity index (χ2n) is 11.5. The lowest BCUT2D eigenvalue weighted by atomic mass is 9.81. The van der Waals surface area contributed by atoms with Gasteiger partial charge in [0.1, 0.15) is 12.2 Å². The van der Waals surface area contributed by atoms with Crippen molar-refractivity contribution in [3.63, 3.8) is 0 Å². The first-order valence-corrected chi connectivity index (χ1v) is 15.7. The van der Waals surface area contributed by atoms with E-state index in [9.17, 15) is 9.59 Å². The van der Waals surface area contributed by atoms with Crippen molar-refractivity contribution in [3.8, 4) is 0 Å². The SMILES string of the molecule is CC(C(Cl)c1ccccc1)N(NC(=O)O[C@@H]1CCCC[C@H]1c1ccccc1)C(=O)O[C@@H]1CCCC[C@H]1c1ccccc1. The van der Waals surface area contributed by atoms with Crippen LogP contribution in [0.2, 0.25) is 0 Å². The summed E-state index contributed by atoms with van der Waals surface area (Å²) in [6, 6.07) is 29.3. The molecule has 5 rings (SSSR count). The maximum Gasteiger partial charge on any atom is 0.429 e. The smallest absolute Gasteiger partial charge is 0.429 e. The second-order valence-corrected chi connectivity index (χ2v) is 12.0. The molecule has 0 aromatic heterocycles. The van der Waals surface area contributed by atoms with Crippen LogP contribution in [-0.2, 0) is 9.47 Å². The molecule has 2 aliphatic rings. The van der Waals surface area contributed by atoms with Crippen LogP contribution in [-0.4, -0.2) is 35.4 Å². The Hall–Kier alpha value is -3.51. The fraction of sp³-hybridized carbons (Fsp3) is 0.429. The molecule has 7 heteroatoms. The van der Waals surface area contributed by atoms with Crippen LogP contribution in [0.1, 0.15) is 92.2 Å². The van der Waals surface area contributed by atoms with Gasteiger partial charge in [-0.15, -0.1) is 11.6 Å². The van der Waals surface area contributed by atoms with E-state index in [0.717, 1.165) is 68.1 Å². The van der Waals surface area contributed by atoms with Gasteiger partial charge in [0, 0.05) is 11.8 Å². The Morgan fingerprint density at radius 1 is 0.714 bits per heavy atom. The number of hydrogen-bond donors (Lipinski definition) is 1. The predicted octanol–water partition coefficient (Wildman–Crippen LogP) is 8.89. The zero-order valence-corrected chi connectivity index (χ0v) is 25.0. The molecule has 6 atom stereocenters. The quantitative estimate of drug-likeness (QED) is 0.221. The number of carbonyl (C=O) groups is 2. The topological polar surface area (TPSA) is 67.9 Å². The highest BCUT2D eigenvalue weighted by Gasteiger charge is 2.36. The number of hydrazine groups is 1. The fourth-order valence-electron chi connectivity index (χ4n) is 6.45. The molecule has 0 bridgehead atoms. The van der Waals surface area contributed by atoms with Gasteiger partial charge in [-0.1, -0.05) is 104 Å². The van der Waals surface area contributed by atoms with Crippen molar-refractivity contribution < 1.29 is 19.1 Å². The van der Waals surface area contributed by atoms with Crippen molar-refractivity contribution in [1.82, 2.24) is 10.4 Å². The first-order valence-electron chi connectivity index (χ1n) is 15.3. The Morgan fingerprint density at radius 3 is 1.69 bits per heavy atom. The molecule has 3 aromatic rings. The number of rotatable bonds is 7. The van der Waals surface area contributed by atoms with E-state index in [1.54, 1.807) is 0 Å². The number of carbonyl (C=O) groups excluding carboxylic acids is 2. The number of halogens is 1. The Morgan fingerprint density at radius 2 is 1.17 bits per heavy atom. The van der Waals surface area contributed by atoms with Crippen molar-refractivity contribution in [2.45, 2.75) is 93.8 Å². The van der Waals surface area contributed by atoms with E-state index >= 15 is 0 Å². The first kappa shape index (κ1) is 30.0. The zero-order chi connectivity index (χ0) is 29.3. The first-order chi connectivity index (χ1) is 20.5. The van der Waals surface area contributed by atoms with E-state index in [1.807, 2.05) is 73.7 Å². The average molecular weight is 589 g/mol. The van der Waals surface area contributed by atoms with E-state index in [2.05, 4.69) is 29.7 Å². The van der Waals surface area contributed by atoms with Crippen molar-refractivity contribution in [2.75, 3.05) is 0 Å². The van der Waals surface area contributed by atoms with Gasteiger partial charge in [0.2, 0.25) is 0 Å². The number of amides is 2. The number of nitrogens with one attached hydrogen (secondary N) is 1. The van der Waals surface area contributed by atoms with E-state index < -0.39 is 23.6 Å². The van der Waals surface area contributed by atoms with Crippen LogP contribution >= 0.6 is 11.6 Å². The van der Waals surface area contributed by atoms with Crippen molar-refractivity contribution >= 4 is 23.8 Å². The largest absolute Gasteiger partial charge is 0.444 e. The predicted molar refractivity (Wildman–Crippen MR) is 165 cm³/mol. The van der Waals surface area contributed by atoms with E-state index in [-0.39, 0.29) is 24.0 Å². The highest BCUT2D eigenvalue weighted by atomic mass is 35.5. The minimum absolute atomic E-state index is 0.0998. The Bertz CT molecular complexity index is 1280. The Labute approximate surface area is 254 Å². The highest BCUT2D eigenvalue weighted by molar-refractivity contribution is 6.21. The monoisotopic (exact) mass is 588 g/mol. The summed E-state index contributed by atoms with van der Waals surface area (Å²) < 4.78 is 12.2. The normalized spacial score (nSPS) is 23.7. The van der Waals surface area contributed by atoms with E-state index in [1.165, 1.54) is 5.01 Å². The molecule has 3 aromatic carbocycles. The molecule has 2 saturated carbocycles. The Kier molecular flexibility index (Phi) is 10.4. The third kappa shape index (κ3) is 7.46. The number of benzene rings is 3. The lowest BCUT2D eigenvalue weighted by molar-refractivity contribution is 0.00195. The lowest BCUT2D eigenvalue weighted by Gasteiger charge is -2.37. The van der Waals surface area contributed by atoms with Gasteiger partial charge in [-0.25, -0.2) is 20.0 Å². The summed E-state index contributed by atoms with van der Waals surface area (Å²) in [5.74, 6) is 0.213. The van der Waals surface area contributed by atoms with Gasteiger partial charge < -0.3 is 9.47 Å². The fourth-order valence-corrected chi connectivity index (χ4v) is 6.71. The summed E-state index contributed by atoms with van der Waals surface area (Å²) in [7, 11) is 0. The standard InChI is InChI=1S/C35H41ClN2O4/c1-25(33(36)28-19-9-4-10-20-28)38(35(40)42-32-24-14-12-22-30(32)27-17-7-3-8-18-27)37-34(39)41-31-23-13-11-21-29(31)26-15-5-2-6-16-26/h2-10,15-20,25,29-33H,11-14,21-24H2,1H3,(H,37,39)/t25?,29-,30-,31+,32+,33?/m0/s1. The number of ether oxygens (including phenoxy) is 2. The molecule has 0 radical (unpaired) electrons. The molecule has 6 nitrogen and oxygen atoms in total. The molecular weight excluding hydrogens is 548 g/mol. The third-order valence-electron chi connectivity index (χ3n) is 8.73. The van der Waals surface area contributed by atoms with Gasteiger partial charge in [0.25, 0.3) is 0 Å². The van der Waals surface area contributed by atoms with Gasteiger partial charge in [-0.2, -0.15) is 0 Å². The van der Waals surface area contributed by atoms with Crippen molar-refractivity contribution in [2.24, 2.45) is 0 Å². The summed E-state index contributed by atoms with van der Waals surface area (Å²) in [6.07, 6.45) is 5.69. The molecule has 0 spiro atoms. The summed E-state index contributed by atoms with van der Waals surface area (Å²) >= 11 is 6.90. The third-order valence-corrected chi connectivity index (χ3v) is 9.35. The molecule has 2 aliphatic carbocycles. The van der Waals surface area contributed by atoms with Gasteiger partial charge in [-0.05, 0) is 62.1 Å². The highest BCUT2D eigenvalue weighted by Crippen LogP contribution is 2.37. The Balaban J connectivity index is 1.33. The van der Waals surface area contributed by atoms with Crippen LogP contribution in [0.25, 0.3) is 0 Å². The second kappa shape index (κ2) is 14.6. The summed E-state index contributed by atoms with van der Waals surface area (Å²) in [4.78, 5) is 27.3. The van der Waals surface area contributed by atoms with Crippen LogP contribution in [0.15, 0.2) is 91.0 Å². The van der Waals surface area contributed by atoms with E-state index in [0.29, 0.717) is 0 Å². The zero-order valence-electron chi connectivity index (χ0n) is 24.2. The molecule has 0 saturated heterocycles. The molecule has 0 heterocycles. The number of hydrogen-bond acceptors (Lipinski definition) is 4. The maximum atomic E-state index is 13.9. The van der Waals surface area contributed by atoms with Gasteiger partial charge >= 0.3 is 12.2 Å². The maximum absolute atomic E-state index is 13.9. The summed E-state index contributed by atoms with van der Waals surface area (Å²) in [5.41, 5.74) is 5.91. The molecule has 222 valence electrons. The van der Waals surface area contributed by atoms with Crippen molar-refractivity contribution in [3.05, 3.63) is 108 Å². The van der Waals surface area contributed by atoms with Crippen LogP contribution in [0.4, 0.5) is 9.59 Å². The van der Waals surface area contributed by atoms with Gasteiger partial charge in [-0.3, -0.25) is 0 Å². The molecule has 2 amide bonds. The molecule has 2 unspecified atom stereocenters. The molecule has 0 aliphatic heterocycles. The van der Waals surface area contributed by atoms with Crippen LogP contribution < -0.4 is 5.43 Å². The minimum atomic E-state index is -0.674. The molecule has 2 fully saturated rings. The summed E-state index contributed by atoms with van der Waals surface area (Å²) in [6.45, 7) is 1.81. The summed E-state index contributed by atoms with van der Waals surface area (Å²) in [5, 5.41) is 0.645. The van der Waals surface area contributed by atoms with Crippen LogP contribution in [0.3, 0.4) is 0 Å². The average Bonchev–Trinajstić information content (AvgIpc) is 3.04. The lowest BCUT2D eigenvalue weighted by Crippen LogP contribution is -2.54.